The van der Waals surface area contributed by atoms with E-state index in [1.165, 1.54) is 0 Å². The van der Waals surface area contributed by atoms with Crippen LogP contribution < -0.4 is 10.1 Å². The van der Waals surface area contributed by atoms with Gasteiger partial charge in [0.05, 0.1) is 31.3 Å². The van der Waals surface area contributed by atoms with Crippen molar-refractivity contribution >= 4 is 11.6 Å². The zero-order valence-corrected chi connectivity index (χ0v) is 12.0. The van der Waals surface area contributed by atoms with E-state index in [4.69, 9.17) is 14.7 Å². The topological polar surface area (TPSA) is 74.6 Å². The zero-order chi connectivity index (χ0) is 15.1. The monoisotopic (exact) mass is 289 g/mol. The highest BCUT2D eigenvalue weighted by Gasteiger charge is 2.29. The van der Waals surface area contributed by atoms with Gasteiger partial charge in [0.25, 0.3) is 5.91 Å². The van der Waals surface area contributed by atoms with Crippen LogP contribution in [0.5, 0.6) is 5.75 Å². The largest absolute Gasteiger partial charge is 0.477 e. The van der Waals surface area contributed by atoms with Crippen LogP contribution in [0.15, 0.2) is 24.3 Å². The molecule has 6 nitrogen and oxygen atoms in total. The molecule has 2 rings (SSSR count). The van der Waals surface area contributed by atoms with Crippen LogP contribution >= 0.6 is 0 Å². The molecule has 0 spiro atoms. The quantitative estimate of drug-likeness (QED) is 0.853. The summed E-state index contributed by atoms with van der Waals surface area (Å²) in [6, 6.07) is 9.58. The highest BCUT2D eigenvalue weighted by Crippen LogP contribution is 2.28. The van der Waals surface area contributed by atoms with Crippen molar-refractivity contribution < 1.29 is 14.3 Å². The highest BCUT2D eigenvalue weighted by molar-refractivity contribution is 5.83. The number of anilines is 1. The molecule has 1 heterocycles. The van der Waals surface area contributed by atoms with Crippen LogP contribution in [0.25, 0.3) is 0 Å². The standard InChI is InChI=1S/C15H19N3O3/c1-20-10-9-18(8-4-7-16)15(19)14-11-17-12-5-2-3-6-13(12)21-14/h2-3,5-6,14,17H,4,8-11H2,1H3. The Balaban J connectivity index is 2.02. The Bertz CT molecular complexity index is 527. The van der Waals surface area contributed by atoms with Gasteiger partial charge in [0.15, 0.2) is 6.10 Å². The number of benzene rings is 1. The van der Waals surface area contributed by atoms with Gasteiger partial charge in [-0.15, -0.1) is 0 Å². The molecule has 1 aromatic rings. The molecule has 0 saturated carbocycles. The summed E-state index contributed by atoms with van der Waals surface area (Å²) in [7, 11) is 1.59. The molecule has 6 heteroatoms. The lowest BCUT2D eigenvalue weighted by Crippen LogP contribution is -2.48. The van der Waals surface area contributed by atoms with Gasteiger partial charge in [-0.1, -0.05) is 12.1 Å². The number of carbonyl (C=O) groups is 1. The smallest absolute Gasteiger partial charge is 0.265 e. The minimum Gasteiger partial charge on any atom is -0.477 e. The number of hydrogen-bond donors (Lipinski definition) is 1. The fourth-order valence-corrected chi connectivity index (χ4v) is 2.17. The summed E-state index contributed by atoms with van der Waals surface area (Å²) >= 11 is 0. The Hall–Kier alpha value is -2.26. The van der Waals surface area contributed by atoms with Gasteiger partial charge in [-0.05, 0) is 12.1 Å². The van der Waals surface area contributed by atoms with Crippen molar-refractivity contribution in [2.24, 2.45) is 0 Å². The summed E-state index contributed by atoms with van der Waals surface area (Å²) in [5, 5.41) is 11.9. The SMILES string of the molecule is COCCN(CCC#N)C(=O)C1CNc2ccccc2O1. The number of nitrogens with zero attached hydrogens (tertiary/aromatic N) is 2. The number of ether oxygens (including phenoxy) is 2. The van der Waals surface area contributed by atoms with E-state index >= 15 is 0 Å². The van der Waals surface area contributed by atoms with Gasteiger partial charge in [0.1, 0.15) is 5.75 Å². The molecule has 0 saturated heterocycles. The van der Waals surface area contributed by atoms with E-state index in [0.717, 1.165) is 5.69 Å². The lowest BCUT2D eigenvalue weighted by Gasteiger charge is -2.31. The molecule has 1 unspecified atom stereocenters. The second-order valence-corrected chi connectivity index (χ2v) is 4.71. The summed E-state index contributed by atoms with van der Waals surface area (Å²) < 4.78 is 10.8. The molecule has 112 valence electrons. The number of carbonyl (C=O) groups excluding carboxylic acids is 1. The van der Waals surface area contributed by atoms with Gasteiger partial charge >= 0.3 is 0 Å². The van der Waals surface area contributed by atoms with Gasteiger partial charge in [-0.3, -0.25) is 4.79 Å². The van der Waals surface area contributed by atoms with Crippen LogP contribution in [0, 0.1) is 11.3 Å². The number of hydrogen-bond acceptors (Lipinski definition) is 5. The van der Waals surface area contributed by atoms with Crippen molar-refractivity contribution in [3.05, 3.63) is 24.3 Å². The molecule has 1 N–H and O–H groups in total. The fourth-order valence-electron chi connectivity index (χ4n) is 2.17. The number of rotatable bonds is 6. The summed E-state index contributed by atoms with van der Waals surface area (Å²) in [5.41, 5.74) is 0.891. The Labute approximate surface area is 124 Å². The van der Waals surface area contributed by atoms with Crippen LogP contribution in [-0.2, 0) is 9.53 Å². The number of amides is 1. The van der Waals surface area contributed by atoms with Crippen LogP contribution in [0.2, 0.25) is 0 Å². The first-order valence-corrected chi connectivity index (χ1v) is 6.90. The van der Waals surface area contributed by atoms with E-state index in [9.17, 15) is 4.79 Å². The van der Waals surface area contributed by atoms with Crippen molar-refractivity contribution in [2.75, 3.05) is 38.7 Å². The normalized spacial score (nSPS) is 16.1. The predicted octanol–water partition coefficient (Wildman–Crippen LogP) is 1.25. The van der Waals surface area contributed by atoms with E-state index < -0.39 is 6.10 Å². The molecule has 1 amide bonds. The zero-order valence-electron chi connectivity index (χ0n) is 12.0. The minimum absolute atomic E-state index is 0.121. The summed E-state index contributed by atoms with van der Waals surface area (Å²) in [4.78, 5) is 14.1. The van der Waals surface area contributed by atoms with Gasteiger partial charge in [0, 0.05) is 20.2 Å². The third kappa shape index (κ3) is 3.86. The minimum atomic E-state index is -0.574. The van der Waals surface area contributed by atoms with Crippen molar-refractivity contribution in [1.29, 1.82) is 5.26 Å². The van der Waals surface area contributed by atoms with E-state index in [-0.39, 0.29) is 5.91 Å². The molecule has 21 heavy (non-hydrogen) atoms. The van der Waals surface area contributed by atoms with Crippen molar-refractivity contribution in [3.63, 3.8) is 0 Å². The summed E-state index contributed by atoms with van der Waals surface area (Å²) in [6.45, 7) is 1.71. The first-order chi connectivity index (χ1) is 10.3. The first-order valence-electron chi connectivity index (χ1n) is 6.90. The molecule has 1 atom stereocenters. The average Bonchev–Trinajstić information content (AvgIpc) is 2.54. The van der Waals surface area contributed by atoms with Gasteiger partial charge in [0.2, 0.25) is 0 Å². The number of fused-ring (bicyclic) bond motifs is 1. The van der Waals surface area contributed by atoms with Crippen molar-refractivity contribution in [2.45, 2.75) is 12.5 Å². The second kappa shape index (κ2) is 7.50. The highest BCUT2D eigenvalue weighted by atomic mass is 16.5. The number of methoxy groups -OCH3 is 1. The van der Waals surface area contributed by atoms with Crippen molar-refractivity contribution in [1.82, 2.24) is 4.90 Å². The maximum Gasteiger partial charge on any atom is 0.265 e. The lowest BCUT2D eigenvalue weighted by molar-refractivity contribution is -0.138. The third-order valence-electron chi connectivity index (χ3n) is 3.28. The Morgan fingerprint density at radius 2 is 2.33 bits per heavy atom. The molecule has 1 aromatic carbocycles. The fraction of sp³-hybridized carbons (Fsp3) is 0.467. The second-order valence-electron chi connectivity index (χ2n) is 4.71. The number of nitriles is 1. The summed E-state index contributed by atoms with van der Waals surface area (Å²) in [5.74, 6) is 0.554. The molecule has 0 bridgehead atoms. The van der Waals surface area contributed by atoms with E-state index in [0.29, 0.717) is 38.4 Å². The van der Waals surface area contributed by atoms with Crippen LogP contribution in [0.1, 0.15) is 6.42 Å². The first kappa shape index (κ1) is 15.1. The van der Waals surface area contributed by atoms with Gasteiger partial charge in [-0.25, -0.2) is 0 Å². The molecular weight excluding hydrogens is 270 g/mol. The van der Waals surface area contributed by atoms with Gasteiger partial charge in [-0.2, -0.15) is 5.26 Å². The van der Waals surface area contributed by atoms with Crippen LogP contribution in [0.4, 0.5) is 5.69 Å². The summed E-state index contributed by atoms with van der Waals surface area (Å²) in [6.07, 6.45) is -0.276. The van der Waals surface area contributed by atoms with E-state index in [1.807, 2.05) is 24.3 Å². The Morgan fingerprint density at radius 1 is 1.52 bits per heavy atom. The Kier molecular flexibility index (Phi) is 5.41. The molecular formula is C15H19N3O3. The van der Waals surface area contributed by atoms with Crippen LogP contribution in [-0.4, -0.2) is 50.3 Å². The molecule has 0 aromatic heterocycles. The molecule has 1 aliphatic heterocycles. The predicted molar refractivity (Wildman–Crippen MR) is 78.0 cm³/mol. The third-order valence-corrected chi connectivity index (χ3v) is 3.28. The molecule has 0 radical (unpaired) electrons. The molecule has 0 aliphatic carbocycles. The molecule has 0 fully saturated rings. The molecule has 1 aliphatic rings. The van der Waals surface area contributed by atoms with E-state index in [2.05, 4.69) is 11.4 Å². The maximum atomic E-state index is 12.5. The maximum absolute atomic E-state index is 12.5. The van der Waals surface area contributed by atoms with E-state index in [1.54, 1.807) is 12.0 Å². The average molecular weight is 289 g/mol. The van der Waals surface area contributed by atoms with Gasteiger partial charge < -0.3 is 19.7 Å². The number of nitrogens with one attached hydrogen (secondary N) is 1. The Morgan fingerprint density at radius 3 is 3.10 bits per heavy atom. The lowest BCUT2D eigenvalue weighted by atomic mass is 10.2. The van der Waals surface area contributed by atoms with Crippen molar-refractivity contribution in [3.8, 4) is 11.8 Å². The number of para-hydroxylation sites is 2. The van der Waals surface area contributed by atoms with Crippen LogP contribution in [0.3, 0.4) is 0 Å².